The number of amides is 1. The van der Waals surface area contributed by atoms with Crippen LogP contribution in [0.3, 0.4) is 0 Å². The van der Waals surface area contributed by atoms with E-state index in [-0.39, 0.29) is 16.6 Å². The zero-order valence-electron chi connectivity index (χ0n) is 21.8. The van der Waals surface area contributed by atoms with Crippen molar-refractivity contribution >= 4 is 27.3 Å². The third-order valence-corrected chi connectivity index (χ3v) is 8.40. The Morgan fingerprint density at radius 2 is 1.61 bits per heavy atom. The largest absolute Gasteiger partial charge is 0.494 e. The first-order valence-electron chi connectivity index (χ1n) is 12.9. The van der Waals surface area contributed by atoms with Gasteiger partial charge in [0, 0.05) is 18.8 Å². The molecule has 1 fully saturated rings. The number of carbonyl (C=O) groups excluding carboxylic acids is 1. The summed E-state index contributed by atoms with van der Waals surface area (Å²) in [5.74, 6) is -0.438. The van der Waals surface area contributed by atoms with Gasteiger partial charge in [-0.2, -0.15) is 0 Å². The first-order valence-corrected chi connectivity index (χ1v) is 14.4. The van der Waals surface area contributed by atoms with Gasteiger partial charge in [0.2, 0.25) is 5.91 Å². The summed E-state index contributed by atoms with van der Waals surface area (Å²) in [5.41, 5.74) is 2.27. The SMILES string of the molecule is CCOc1ccc(S(=O)(=O)N(CC(=O)NC(C)c2ccc(N3CCCCC3)cc2)c2ccc(F)cc2)cc1. The van der Waals surface area contributed by atoms with Gasteiger partial charge >= 0.3 is 0 Å². The Balaban J connectivity index is 1.50. The number of piperidine rings is 1. The van der Waals surface area contributed by atoms with Crippen LogP contribution in [0, 0.1) is 5.82 Å². The van der Waals surface area contributed by atoms with Crippen LogP contribution in [0.25, 0.3) is 0 Å². The summed E-state index contributed by atoms with van der Waals surface area (Å²) in [7, 11) is -4.12. The summed E-state index contributed by atoms with van der Waals surface area (Å²) < 4.78 is 47.1. The van der Waals surface area contributed by atoms with Crippen LogP contribution in [0.15, 0.2) is 77.7 Å². The van der Waals surface area contributed by atoms with E-state index in [1.165, 1.54) is 55.7 Å². The minimum absolute atomic E-state index is 0.000530. The van der Waals surface area contributed by atoms with Crippen LogP contribution in [-0.4, -0.2) is 40.6 Å². The molecule has 1 aliphatic heterocycles. The summed E-state index contributed by atoms with van der Waals surface area (Å²) in [6.45, 7) is 5.78. The zero-order valence-corrected chi connectivity index (χ0v) is 22.6. The molecule has 0 spiro atoms. The number of sulfonamides is 1. The highest BCUT2D eigenvalue weighted by molar-refractivity contribution is 7.92. The third-order valence-electron chi connectivity index (χ3n) is 6.62. The van der Waals surface area contributed by atoms with E-state index < -0.39 is 28.3 Å². The highest BCUT2D eigenvalue weighted by Gasteiger charge is 2.28. The smallest absolute Gasteiger partial charge is 0.264 e. The van der Waals surface area contributed by atoms with Gasteiger partial charge in [-0.25, -0.2) is 12.8 Å². The number of hydrogen-bond donors (Lipinski definition) is 1. The van der Waals surface area contributed by atoms with E-state index in [0.29, 0.717) is 12.4 Å². The topological polar surface area (TPSA) is 79.0 Å². The van der Waals surface area contributed by atoms with E-state index in [0.717, 1.165) is 28.6 Å². The Hall–Kier alpha value is -3.59. The molecule has 3 aromatic carbocycles. The molecule has 1 atom stereocenters. The number of hydrogen-bond acceptors (Lipinski definition) is 5. The first kappa shape index (κ1) is 27.4. The van der Waals surface area contributed by atoms with Gasteiger partial charge in [-0.15, -0.1) is 0 Å². The van der Waals surface area contributed by atoms with Gasteiger partial charge in [0.1, 0.15) is 18.1 Å². The Kier molecular flexibility index (Phi) is 8.89. The van der Waals surface area contributed by atoms with Gasteiger partial charge in [0.15, 0.2) is 0 Å². The van der Waals surface area contributed by atoms with Crippen molar-refractivity contribution in [1.29, 1.82) is 0 Å². The van der Waals surface area contributed by atoms with E-state index in [1.807, 2.05) is 26.0 Å². The Bertz CT molecular complexity index is 1310. The molecule has 0 aliphatic carbocycles. The van der Waals surface area contributed by atoms with Crippen LogP contribution in [0.5, 0.6) is 5.75 Å². The van der Waals surface area contributed by atoms with E-state index >= 15 is 0 Å². The monoisotopic (exact) mass is 539 g/mol. The lowest BCUT2D eigenvalue weighted by atomic mass is 10.1. The first-order chi connectivity index (χ1) is 18.3. The number of carbonyl (C=O) groups is 1. The molecule has 1 aliphatic rings. The number of benzene rings is 3. The molecule has 0 radical (unpaired) electrons. The van der Waals surface area contributed by atoms with Crippen LogP contribution >= 0.6 is 0 Å². The number of nitrogens with one attached hydrogen (secondary N) is 1. The Morgan fingerprint density at radius 1 is 0.974 bits per heavy atom. The number of halogens is 1. The minimum Gasteiger partial charge on any atom is -0.494 e. The predicted octanol–water partition coefficient (Wildman–Crippen LogP) is 5.29. The third kappa shape index (κ3) is 6.64. The average Bonchev–Trinajstić information content (AvgIpc) is 2.93. The molecular weight excluding hydrogens is 505 g/mol. The van der Waals surface area contributed by atoms with Gasteiger partial charge in [0.05, 0.1) is 23.2 Å². The summed E-state index contributed by atoms with van der Waals surface area (Å²) in [4.78, 5) is 15.5. The molecule has 1 heterocycles. The van der Waals surface area contributed by atoms with Gasteiger partial charge in [-0.3, -0.25) is 9.10 Å². The molecule has 0 aromatic heterocycles. The maximum absolute atomic E-state index is 13.6. The fraction of sp³-hybridized carbons (Fsp3) is 0.345. The summed E-state index contributed by atoms with van der Waals surface area (Å²) in [6, 6.07) is 18.8. The second-order valence-corrected chi connectivity index (χ2v) is 11.2. The van der Waals surface area contributed by atoms with E-state index in [2.05, 4.69) is 22.3 Å². The number of ether oxygens (including phenoxy) is 1. The molecule has 1 saturated heterocycles. The van der Waals surface area contributed by atoms with Crippen molar-refractivity contribution in [2.24, 2.45) is 0 Å². The molecule has 0 saturated carbocycles. The lowest BCUT2D eigenvalue weighted by Gasteiger charge is -2.29. The fourth-order valence-corrected chi connectivity index (χ4v) is 5.97. The Morgan fingerprint density at radius 3 is 2.21 bits per heavy atom. The second-order valence-electron chi connectivity index (χ2n) is 9.32. The second kappa shape index (κ2) is 12.3. The van der Waals surface area contributed by atoms with Gasteiger partial charge < -0.3 is 15.0 Å². The molecule has 3 aromatic rings. The lowest BCUT2D eigenvalue weighted by molar-refractivity contribution is -0.120. The van der Waals surface area contributed by atoms with Crippen molar-refractivity contribution in [3.05, 3.63) is 84.2 Å². The van der Waals surface area contributed by atoms with Crippen molar-refractivity contribution < 1.29 is 22.3 Å². The molecule has 38 heavy (non-hydrogen) atoms. The molecule has 4 rings (SSSR count). The van der Waals surface area contributed by atoms with Gasteiger partial charge in [-0.1, -0.05) is 12.1 Å². The van der Waals surface area contributed by atoms with Crippen molar-refractivity contribution in [3.63, 3.8) is 0 Å². The van der Waals surface area contributed by atoms with Crippen LogP contribution in [0.4, 0.5) is 15.8 Å². The molecule has 7 nitrogen and oxygen atoms in total. The standard InChI is InChI=1S/C29H34FN3O4S/c1-3-37-27-15-17-28(18-16-27)38(35,36)33(26-13-9-24(30)10-14-26)21-29(34)31-22(2)23-7-11-25(12-8-23)32-19-5-4-6-20-32/h7-18,22H,3-6,19-21H2,1-2H3,(H,31,34). The zero-order chi connectivity index (χ0) is 27.1. The molecular formula is C29H34FN3O4S. The predicted molar refractivity (Wildman–Crippen MR) is 148 cm³/mol. The van der Waals surface area contributed by atoms with Crippen LogP contribution in [0.1, 0.15) is 44.7 Å². The maximum atomic E-state index is 13.6. The van der Waals surface area contributed by atoms with E-state index in [4.69, 9.17) is 4.74 Å². The molecule has 1 amide bonds. The minimum atomic E-state index is -4.12. The average molecular weight is 540 g/mol. The molecule has 9 heteroatoms. The number of rotatable bonds is 10. The maximum Gasteiger partial charge on any atom is 0.264 e. The van der Waals surface area contributed by atoms with Crippen molar-refractivity contribution in [1.82, 2.24) is 5.32 Å². The van der Waals surface area contributed by atoms with Crippen LogP contribution in [-0.2, 0) is 14.8 Å². The molecule has 1 unspecified atom stereocenters. The van der Waals surface area contributed by atoms with E-state index in [9.17, 15) is 17.6 Å². The van der Waals surface area contributed by atoms with E-state index in [1.54, 1.807) is 12.1 Å². The van der Waals surface area contributed by atoms with Crippen molar-refractivity contribution in [3.8, 4) is 5.75 Å². The van der Waals surface area contributed by atoms with Gasteiger partial charge in [-0.05, 0) is 99.3 Å². The number of anilines is 2. The van der Waals surface area contributed by atoms with Crippen molar-refractivity contribution in [2.75, 3.05) is 35.4 Å². The summed E-state index contributed by atoms with van der Waals surface area (Å²) in [6.07, 6.45) is 3.65. The van der Waals surface area contributed by atoms with Gasteiger partial charge in [0.25, 0.3) is 10.0 Å². The lowest BCUT2D eigenvalue weighted by Crippen LogP contribution is -2.41. The normalized spacial score (nSPS) is 14.6. The summed E-state index contributed by atoms with van der Waals surface area (Å²) in [5, 5.41) is 2.90. The fourth-order valence-electron chi connectivity index (χ4n) is 4.55. The number of nitrogens with zero attached hydrogens (tertiary/aromatic N) is 2. The molecule has 202 valence electrons. The highest BCUT2D eigenvalue weighted by atomic mass is 32.2. The summed E-state index contributed by atoms with van der Waals surface area (Å²) >= 11 is 0. The Labute approximate surface area is 224 Å². The van der Waals surface area contributed by atoms with Crippen LogP contribution in [0.2, 0.25) is 0 Å². The quantitative estimate of drug-likeness (QED) is 0.379. The van der Waals surface area contributed by atoms with Crippen molar-refractivity contribution in [2.45, 2.75) is 44.0 Å². The molecule has 1 N–H and O–H groups in total. The highest BCUT2D eigenvalue weighted by Crippen LogP contribution is 2.26. The van der Waals surface area contributed by atoms with Crippen LogP contribution < -0.4 is 19.3 Å². The molecule has 0 bridgehead atoms.